The molecule has 0 saturated carbocycles. The third-order valence-electron chi connectivity index (χ3n) is 2.63. The molecule has 0 saturated heterocycles. The summed E-state index contributed by atoms with van der Waals surface area (Å²) in [7, 11) is 0. The third kappa shape index (κ3) is 2.91. The van der Waals surface area contributed by atoms with Crippen molar-refractivity contribution in [3.05, 3.63) is 53.2 Å². The smallest absolute Gasteiger partial charge is 0.150 e. The Morgan fingerprint density at radius 3 is 2.82 bits per heavy atom. The highest BCUT2D eigenvalue weighted by molar-refractivity contribution is 5.20. The molecule has 0 aliphatic carbocycles. The van der Waals surface area contributed by atoms with Crippen LogP contribution in [0.1, 0.15) is 30.0 Å². The predicted octanol–water partition coefficient (Wildman–Crippen LogP) is 2.97. The molecule has 1 unspecified atom stereocenters. The van der Waals surface area contributed by atoms with Crippen molar-refractivity contribution < 1.29 is 8.91 Å². The van der Waals surface area contributed by atoms with Crippen molar-refractivity contribution in [2.45, 2.75) is 26.4 Å². The Labute approximate surface area is 99.6 Å². The number of nitrogens with one attached hydrogen (secondary N) is 1. The molecule has 1 aromatic carbocycles. The predicted molar refractivity (Wildman–Crippen MR) is 62.9 cm³/mol. The molecule has 1 atom stereocenters. The van der Waals surface area contributed by atoms with Crippen LogP contribution in [0.25, 0.3) is 0 Å². The van der Waals surface area contributed by atoms with E-state index in [2.05, 4.69) is 10.5 Å². The number of rotatable bonds is 4. The van der Waals surface area contributed by atoms with E-state index in [1.165, 1.54) is 6.07 Å². The first kappa shape index (κ1) is 11.8. The summed E-state index contributed by atoms with van der Waals surface area (Å²) in [5, 5.41) is 6.99. The van der Waals surface area contributed by atoms with Crippen molar-refractivity contribution in [2.24, 2.45) is 0 Å². The van der Waals surface area contributed by atoms with Gasteiger partial charge < -0.3 is 9.84 Å². The molecule has 1 heterocycles. The maximum absolute atomic E-state index is 13.5. The fourth-order valence-corrected chi connectivity index (χ4v) is 1.69. The van der Waals surface area contributed by atoms with Gasteiger partial charge in [-0.15, -0.1) is 0 Å². The molecule has 17 heavy (non-hydrogen) atoms. The van der Waals surface area contributed by atoms with Gasteiger partial charge in [-0.1, -0.05) is 23.4 Å². The van der Waals surface area contributed by atoms with Crippen LogP contribution in [0.15, 0.2) is 34.9 Å². The minimum absolute atomic E-state index is 0.0680. The van der Waals surface area contributed by atoms with Gasteiger partial charge in [-0.3, -0.25) is 0 Å². The lowest BCUT2D eigenvalue weighted by Crippen LogP contribution is -2.18. The molecule has 90 valence electrons. The van der Waals surface area contributed by atoms with Gasteiger partial charge in [0, 0.05) is 17.7 Å². The molecule has 0 amide bonds. The highest BCUT2D eigenvalue weighted by Crippen LogP contribution is 2.16. The summed E-state index contributed by atoms with van der Waals surface area (Å²) in [6.07, 6.45) is 0. The van der Waals surface area contributed by atoms with Crippen molar-refractivity contribution >= 4 is 0 Å². The van der Waals surface area contributed by atoms with Gasteiger partial charge in [-0.25, -0.2) is 4.39 Å². The van der Waals surface area contributed by atoms with Crippen molar-refractivity contribution in [1.82, 2.24) is 10.5 Å². The van der Waals surface area contributed by atoms with Gasteiger partial charge in [-0.2, -0.15) is 0 Å². The highest BCUT2D eigenvalue weighted by atomic mass is 19.1. The summed E-state index contributed by atoms with van der Waals surface area (Å²) in [6, 6.07) is 8.55. The summed E-state index contributed by atoms with van der Waals surface area (Å²) in [5.74, 6) is 0.562. The SMILES string of the molecule is Cc1cc(CNC(C)c2ccccc2F)on1. The Kier molecular flexibility index (Phi) is 3.54. The van der Waals surface area contributed by atoms with Crippen molar-refractivity contribution in [1.29, 1.82) is 0 Å². The maximum atomic E-state index is 13.5. The number of hydrogen-bond donors (Lipinski definition) is 1. The molecule has 0 bridgehead atoms. The van der Waals surface area contributed by atoms with Crippen molar-refractivity contribution in [3.63, 3.8) is 0 Å². The molecule has 0 fully saturated rings. The van der Waals surface area contributed by atoms with Gasteiger partial charge in [0.2, 0.25) is 0 Å². The number of benzene rings is 1. The van der Waals surface area contributed by atoms with Crippen LogP contribution in [0, 0.1) is 12.7 Å². The van der Waals surface area contributed by atoms with E-state index in [0.29, 0.717) is 12.1 Å². The molecule has 2 aromatic rings. The Morgan fingerprint density at radius 2 is 2.18 bits per heavy atom. The molecule has 0 radical (unpaired) electrons. The van der Waals surface area contributed by atoms with Gasteiger partial charge in [0.25, 0.3) is 0 Å². The topological polar surface area (TPSA) is 38.1 Å². The van der Waals surface area contributed by atoms with Gasteiger partial charge in [-0.05, 0) is 19.9 Å². The number of nitrogens with zero attached hydrogens (tertiary/aromatic N) is 1. The Balaban J connectivity index is 1.98. The van der Waals surface area contributed by atoms with Crippen LogP contribution >= 0.6 is 0 Å². The standard InChI is InChI=1S/C13H15FN2O/c1-9-7-11(17-16-9)8-15-10(2)12-5-3-4-6-13(12)14/h3-7,10,15H,8H2,1-2H3. The van der Waals surface area contributed by atoms with Crippen LogP contribution in [0.3, 0.4) is 0 Å². The fourth-order valence-electron chi connectivity index (χ4n) is 1.69. The number of aromatic nitrogens is 1. The number of aryl methyl sites for hydroxylation is 1. The van der Waals surface area contributed by atoms with Gasteiger partial charge >= 0.3 is 0 Å². The molecule has 0 spiro atoms. The molecule has 0 aliphatic rings. The average molecular weight is 234 g/mol. The molecule has 2 rings (SSSR count). The third-order valence-corrected chi connectivity index (χ3v) is 2.63. The lowest BCUT2D eigenvalue weighted by atomic mass is 10.1. The molecule has 3 nitrogen and oxygen atoms in total. The molecule has 0 aliphatic heterocycles. The Morgan fingerprint density at radius 1 is 1.41 bits per heavy atom. The summed E-state index contributed by atoms with van der Waals surface area (Å²) in [5.41, 5.74) is 1.50. The first-order chi connectivity index (χ1) is 8.16. The van der Waals surface area contributed by atoms with E-state index >= 15 is 0 Å². The van der Waals surface area contributed by atoms with Crippen molar-refractivity contribution in [2.75, 3.05) is 0 Å². The van der Waals surface area contributed by atoms with Crippen LogP contribution < -0.4 is 5.32 Å². The first-order valence-electron chi connectivity index (χ1n) is 5.57. The number of halogens is 1. The van der Waals surface area contributed by atoms with E-state index in [-0.39, 0.29) is 11.9 Å². The molecular formula is C13H15FN2O. The Bertz CT molecular complexity index is 496. The van der Waals surface area contributed by atoms with Crippen LogP contribution in [0.4, 0.5) is 4.39 Å². The monoisotopic (exact) mass is 234 g/mol. The van der Waals surface area contributed by atoms with E-state index in [0.717, 1.165) is 11.5 Å². The second-order valence-electron chi connectivity index (χ2n) is 4.06. The van der Waals surface area contributed by atoms with Crippen LogP contribution in [0.5, 0.6) is 0 Å². The summed E-state index contributed by atoms with van der Waals surface area (Å²) in [6.45, 7) is 4.32. The van der Waals surface area contributed by atoms with Crippen LogP contribution in [-0.2, 0) is 6.54 Å². The van der Waals surface area contributed by atoms with Gasteiger partial charge in [0.1, 0.15) is 5.82 Å². The zero-order valence-electron chi connectivity index (χ0n) is 9.90. The fraction of sp³-hybridized carbons (Fsp3) is 0.308. The maximum Gasteiger partial charge on any atom is 0.150 e. The lowest BCUT2D eigenvalue weighted by Gasteiger charge is -2.13. The van der Waals surface area contributed by atoms with Gasteiger partial charge in [0.05, 0.1) is 12.2 Å². The minimum Gasteiger partial charge on any atom is -0.360 e. The zero-order chi connectivity index (χ0) is 12.3. The second-order valence-corrected chi connectivity index (χ2v) is 4.06. The average Bonchev–Trinajstić information content (AvgIpc) is 2.73. The second kappa shape index (κ2) is 5.10. The Hall–Kier alpha value is -1.68. The molecule has 4 heteroatoms. The minimum atomic E-state index is -0.193. The molecular weight excluding hydrogens is 219 g/mol. The largest absolute Gasteiger partial charge is 0.360 e. The molecule has 1 aromatic heterocycles. The zero-order valence-corrected chi connectivity index (χ0v) is 9.90. The first-order valence-corrected chi connectivity index (χ1v) is 5.57. The van der Waals surface area contributed by atoms with Crippen LogP contribution in [-0.4, -0.2) is 5.16 Å². The summed E-state index contributed by atoms with van der Waals surface area (Å²) < 4.78 is 18.6. The van der Waals surface area contributed by atoms with Crippen molar-refractivity contribution in [3.8, 4) is 0 Å². The lowest BCUT2D eigenvalue weighted by molar-refractivity contribution is 0.362. The van der Waals surface area contributed by atoms with Gasteiger partial charge in [0.15, 0.2) is 5.76 Å². The number of hydrogen-bond acceptors (Lipinski definition) is 3. The van der Waals surface area contributed by atoms with Crippen LogP contribution in [0.2, 0.25) is 0 Å². The summed E-state index contributed by atoms with van der Waals surface area (Å²) >= 11 is 0. The van der Waals surface area contributed by atoms with E-state index in [1.54, 1.807) is 12.1 Å². The highest BCUT2D eigenvalue weighted by Gasteiger charge is 2.10. The summed E-state index contributed by atoms with van der Waals surface area (Å²) in [4.78, 5) is 0. The normalized spacial score (nSPS) is 12.6. The quantitative estimate of drug-likeness (QED) is 0.883. The van der Waals surface area contributed by atoms with E-state index < -0.39 is 0 Å². The van der Waals surface area contributed by atoms with E-state index in [9.17, 15) is 4.39 Å². The van der Waals surface area contributed by atoms with E-state index in [4.69, 9.17) is 4.52 Å². The molecule has 1 N–H and O–H groups in total. The van der Waals surface area contributed by atoms with E-state index in [1.807, 2.05) is 26.0 Å².